The summed E-state index contributed by atoms with van der Waals surface area (Å²) in [6.07, 6.45) is 6.36. The fourth-order valence-corrected chi connectivity index (χ4v) is 3.61. The summed E-state index contributed by atoms with van der Waals surface area (Å²) >= 11 is 6.09. The molecule has 0 atom stereocenters. The van der Waals surface area contributed by atoms with E-state index >= 15 is 0 Å². The van der Waals surface area contributed by atoms with E-state index in [9.17, 15) is 0 Å². The van der Waals surface area contributed by atoms with Gasteiger partial charge in [0.2, 0.25) is 5.82 Å². The van der Waals surface area contributed by atoms with Crippen LogP contribution in [0.25, 0.3) is 11.5 Å². The van der Waals surface area contributed by atoms with Gasteiger partial charge < -0.3 is 9.26 Å². The van der Waals surface area contributed by atoms with E-state index in [-0.39, 0.29) is 0 Å². The lowest BCUT2D eigenvalue weighted by atomic mass is 9.90. The third-order valence-corrected chi connectivity index (χ3v) is 5.19. The van der Waals surface area contributed by atoms with Gasteiger partial charge in [-0.05, 0) is 30.5 Å². The van der Waals surface area contributed by atoms with Crippen molar-refractivity contribution in [2.24, 2.45) is 0 Å². The molecule has 7 nitrogen and oxygen atoms in total. The van der Waals surface area contributed by atoms with Crippen LogP contribution in [0.15, 0.2) is 47.4 Å². The molecule has 2 aromatic heterocycles. The second-order valence-electron chi connectivity index (χ2n) is 6.62. The Morgan fingerprint density at radius 1 is 1.26 bits per heavy atom. The number of nitrogens with zero attached hydrogens (tertiary/aromatic N) is 5. The molecule has 0 amide bonds. The molecule has 140 valence electrons. The highest BCUT2D eigenvalue weighted by molar-refractivity contribution is 6.30. The average Bonchev–Trinajstić information content (AvgIpc) is 3.20. The van der Waals surface area contributed by atoms with Crippen LogP contribution in [0.3, 0.4) is 0 Å². The largest absolute Gasteiger partial charge is 0.368 e. The van der Waals surface area contributed by atoms with E-state index in [4.69, 9.17) is 20.9 Å². The second kappa shape index (κ2) is 7.72. The monoisotopic (exact) mass is 385 g/mol. The Bertz CT molecular complexity index is 894. The topological polar surface area (TPSA) is 77.2 Å². The molecule has 1 aliphatic heterocycles. The van der Waals surface area contributed by atoms with Crippen molar-refractivity contribution in [2.45, 2.75) is 25.0 Å². The highest BCUT2D eigenvalue weighted by Crippen LogP contribution is 2.36. The minimum Gasteiger partial charge on any atom is -0.368 e. The molecule has 0 spiro atoms. The Hall–Kier alpha value is -2.35. The number of halogens is 1. The van der Waals surface area contributed by atoms with E-state index < -0.39 is 5.60 Å². The van der Waals surface area contributed by atoms with Crippen LogP contribution in [-0.4, -0.2) is 45.2 Å². The minimum absolute atomic E-state index is 0.427. The summed E-state index contributed by atoms with van der Waals surface area (Å²) in [5.74, 6) is 0.920. The molecular weight excluding hydrogens is 366 g/mol. The van der Waals surface area contributed by atoms with Gasteiger partial charge in [-0.3, -0.25) is 9.88 Å². The van der Waals surface area contributed by atoms with Crippen molar-refractivity contribution in [3.63, 3.8) is 0 Å². The average molecular weight is 386 g/mol. The summed E-state index contributed by atoms with van der Waals surface area (Å²) in [5, 5.41) is 4.82. The molecular formula is C19H20ClN5O2. The van der Waals surface area contributed by atoms with Crippen LogP contribution >= 0.6 is 11.6 Å². The lowest BCUT2D eigenvalue weighted by molar-refractivity contribution is -0.0838. The van der Waals surface area contributed by atoms with Crippen molar-refractivity contribution in [1.29, 1.82) is 0 Å². The number of hydrogen-bond donors (Lipinski definition) is 0. The van der Waals surface area contributed by atoms with Gasteiger partial charge in [-0.2, -0.15) is 4.98 Å². The van der Waals surface area contributed by atoms with E-state index in [1.54, 1.807) is 25.7 Å². The van der Waals surface area contributed by atoms with E-state index in [1.807, 2.05) is 18.2 Å². The van der Waals surface area contributed by atoms with Crippen LogP contribution in [-0.2, 0) is 16.9 Å². The maximum Gasteiger partial charge on any atom is 0.259 e. The number of piperidine rings is 1. The van der Waals surface area contributed by atoms with Gasteiger partial charge in [0, 0.05) is 44.2 Å². The number of rotatable bonds is 5. The van der Waals surface area contributed by atoms with Gasteiger partial charge in [-0.15, -0.1) is 0 Å². The van der Waals surface area contributed by atoms with E-state index in [1.165, 1.54) is 5.56 Å². The summed E-state index contributed by atoms with van der Waals surface area (Å²) in [6, 6.07) is 7.97. The first kappa shape index (κ1) is 18.0. The van der Waals surface area contributed by atoms with Crippen LogP contribution in [0.5, 0.6) is 0 Å². The zero-order chi connectivity index (χ0) is 18.7. The number of benzene rings is 1. The zero-order valence-electron chi connectivity index (χ0n) is 15.0. The summed E-state index contributed by atoms with van der Waals surface area (Å²) in [6.45, 7) is 2.58. The molecule has 0 saturated carbocycles. The van der Waals surface area contributed by atoms with Crippen molar-refractivity contribution < 1.29 is 9.26 Å². The lowest BCUT2D eigenvalue weighted by Gasteiger charge is -2.38. The van der Waals surface area contributed by atoms with Gasteiger partial charge in [0.15, 0.2) is 0 Å². The second-order valence-corrected chi connectivity index (χ2v) is 7.05. The number of aromatic nitrogens is 4. The molecule has 0 N–H and O–H groups in total. The molecule has 1 aliphatic rings. The molecule has 3 aromatic rings. The zero-order valence-corrected chi connectivity index (χ0v) is 15.8. The summed E-state index contributed by atoms with van der Waals surface area (Å²) in [7, 11) is 1.69. The first-order chi connectivity index (χ1) is 13.2. The minimum atomic E-state index is -0.571. The predicted molar refractivity (Wildman–Crippen MR) is 100.0 cm³/mol. The number of likely N-dealkylation sites (tertiary alicyclic amines) is 1. The fourth-order valence-electron chi connectivity index (χ4n) is 3.40. The van der Waals surface area contributed by atoms with Crippen LogP contribution < -0.4 is 0 Å². The van der Waals surface area contributed by atoms with E-state index in [0.29, 0.717) is 17.4 Å². The summed E-state index contributed by atoms with van der Waals surface area (Å²) in [5.41, 5.74) is 1.21. The normalized spacial score (nSPS) is 17.1. The lowest BCUT2D eigenvalue weighted by Crippen LogP contribution is -2.43. The van der Waals surface area contributed by atoms with Gasteiger partial charge in [-0.1, -0.05) is 28.9 Å². The van der Waals surface area contributed by atoms with Crippen molar-refractivity contribution in [3.05, 3.63) is 59.3 Å². The Morgan fingerprint density at radius 2 is 2.11 bits per heavy atom. The third kappa shape index (κ3) is 3.85. The maximum absolute atomic E-state index is 6.09. The van der Waals surface area contributed by atoms with Crippen molar-refractivity contribution in [1.82, 2.24) is 25.0 Å². The molecule has 3 heterocycles. The molecule has 27 heavy (non-hydrogen) atoms. The van der Waals surface area contributed by atoms with E-state index in [0.717, 1.165) is 37.5 Å². The molecule has 0 unspecified atom stereocenters. The van der Waals surface area contributed by atoms with Gasteiger partial charge in [0.1, 0.15) is 11.3 Å². The highest BCUT2D eigenvalue weighted by atomic mass is 35.5. The summed E-state index contributed by atoms with van der Waals surface area (Å²) < 4.78 is 11.4. The molecule has 1 fully saturated rings. The van der Waals surface area contributed by atoms with Gasteiger partial charge in [-0.25, -0.2) is 4.98 Å². The Morgan fingerprint density at radius 3 is 2.81 bits per heavy atom. The first-order valence-corrected chi connectivity index (χ1v) is 9.19. The van der Waals surface area contributed by atoms with Crippen LogP contribution in [0.4, 0.5) is 0 Å². The Labute approximate surface area is 162 Å². The van der Waals surface area contributed by atoms with Crippen LogP contribution in [0.1, 0.15) is 24.3 Å². The standard InChI is InChI=1S/C19H20ClN5O2/c1-26-19(18-23-17(24-27-18)16-12-21-7-8-22-16)5-9-25(10-6-19)13-14-3-2-4-15(20)11-14/h2-4,7-8,11-12H,5-6,9-10,13H2,1H3. The molecule has 1 aromatic carbocycles. The quantitative estimate of drug-likeness (QED) is 0.666. The first-order valence-electron chi connectivity index (χ1n) is 8.81. The molecule has 8 heteroatoms. The number of methoxy groups -OCH3 is 1. The fraction of sp³-hybridized carbons (Fsp3) is 0.368. The maximum atomic E-state index is 6.09. The molecule has 1 saturated heterocycles. The summed E-state index contributed by atoms with van der Waals surface area (Å²) in [4.78, 5) is 15.2. The van der Waals surface area contributed by atoms with Crippen LogP contribution in [0.2, 0.25) is 5.02 Å². The molecule has 0 bridgehead atoms. The van der Waals surface area contributed by atoms with Crippen molar-refractivity contribution >= 4 is 11.6 Å². The van der Waals surface area contributed by atoms with Crippen molar-refractivity contribution in [3.8, 4) is 11.5 Å². The Balaban J connectivity index is 1.46. The van der Waals surface area contributed by atoms with Gasteiger partial charge in [0.25, 0.3) is 5.89 Å². The van der Waals surface area contributed by atoms with Gasteiger partial charge >= 0.3 is 0 Å². The third-order valence-electron chi connectivity index (χ3n) is 4.96. The van der Waals surface area contributed by atoms with Gasteiger partial charge in [0.05, 0.1) is 6.20 Å². The SMILES string of the molecule is COC1(c2nc(-c3cnccn3)no2)CCN(Cc2cccc(Cl)c2)CC1. The number of ether oxygens (including phenoxy) is 1. The Kier molecular flexibility index (Phi) is 5.15. The van der Waals surface area contributed by atoms with Crippen LogP contribution in [0, 0.1) is 0 Å². The molecule has 0 aliphatic carbocycles. The smallest absolute Gasteiger partial charge is 0.259 e. The molecule has 4 rings (SSSR count). The van der Waals surface area contributed by atoms with E-state index in [2.05, 4.69) is 31.1 Å². The number of hydrogen-bond acceptors (Lipinski definition) is 7. The van der Waals surface area contributed by atoms with Crippen molar-refractivity contribution in [2.75, 3.05) is 20.2 Å². The predicted octanol–water partition coefficient (Wildman–Crippen LogP) is 3.32. The molecule has 0 radical (unpaired) electrons. The highest BCUT2D eigenvalue weighted by Gasteiger charge is 2.41.